The number of nitrogens with zero attached hydrogens (tertiary/aromatic N) is 1. The fraction of sp³-hybridized carbons (Fsp3) is 0.111. The molecule has 0 radical (unpaired) electrons. The maximum atomic E-state index is 12.5. The molecule has 1 aromatic heterocycles. The van der Waals surface area contributed by atoms with Crippen LogP contribution < -0.4 is 15.7 Å². The molecule has 0 aliphatic rings. The number of rotatable bonds is 5. The molecule has 28 heavy (non-hydrogen) atoms. The van der Waals surface area contributed by atoms with Gasteiger partial charge in [0.1, 0.15) is 22.6 Å². The molecule has 3 rings (SSSR count). The highest BCUT2D eigenvalue weighted by Crippen LogP contribution is 2.34. The quantitative estimate of drug-likeness (QED) is 0.363. The fourth-order valence-electron chi connectivity index (χ4n) is 2.48. The number of nitro groups is 1. The normalized spacial score (nSPS) is 10.7. The van der Waals surface area contributed by atoms with Crippen molar-refractivity contribution >= 4 is 51.5 Å². The first kappa shape index (κ1) is 19.7. The number of anilines is 1. The van der Waals surface area contributed by atoms with E-state index in [2.05, 4.69) is 5.32 Å². The third kappa shape index (κ3) is 3.92. The number of benzene rings is 2. The van der Waals surface area contributed by atoms with Crippen LogP contribution in [0.15, 0.2) is 45.6 Å². The number of fused-ring (bicyclic) bond motifs is 1. The van der Waals surface area contributed by atoms with Gasteiger partial charge in [-0.1, -0.05) is 23.2 Å². The zero-order valence-corrected chi connectivity index (χ0v) is 15.8. The lowest BCUT2D eigenvalue weighted by Crippen LogP contribution is -2.21. The minimum Gasteiger partial charge on any atom is -0.494 e. The van der Waals surface area contributed by atoms with E-state index >= 15 is 0 Å². The van der Waals surface area contributed by atoms with E-state index in [4.69, 9.17) is 32.4 Å². The van der Waals surface area contributed by atoms with Gasteiger partial charge in [0.25, 0.3) is 11.6 Å². The lowest BCUT2D eigenvalue weighted by atomic mass is 10.1. The number of halogens is 2. The van der Waals surface area contributed by atoms with Gasteiger partial charge in [-0.2, -0.15) is 0 Å². The van der Waals surface area contributed by atoms with Crippen molar-refractivity contribution in [3.63, 3.8) is 0 Å². The standard InChI is InChI=1S/C18H12Cl2N2O6/c1-2-27-10-4-3-9-5-11(18(24)28-16(9)6-10)17(23)21-14-7-12(19)13(20)8-15(14)22(25)26/h3-8H,2H2,1H3,(H,21,23). The molecule has 8 nitrogen and oxygen atoms in total. The summed E-state index contributed by atoms with van der Waals surface area (Å²) < 4.78 is 10.5. The maximum Gasteiger partial charge on any atom is 0.349 e. The molecule has 144 valence electrons. The average Bonchev–Trinajstić information content (AvgIpc) is 2.63. The Balaban J connectivity index is 1.99. The van der Waals surface area contributed by atoms with Crippen molar-refractivity contribution in [2.75, 3.05) is 11.9 Å². The van der Waals surface area contributed by atoms with Crippen LogP contribution in [0.25, 0.3) is 11.0 Å². The van der Waals surface area contributed by atoms with Gasteiger partial charge >= 0.3 is 5.63 Å². The van der Waals surface area contributed by atoms with Crippen LogP contribution in [0.4, 0.5) is 11.4 Å². The number of amides is 1. The number of hydrogen-bond acceptors (Lipinski definition) is 6. The van der Waals surface area contributed by atoms with Crippen molar-refractivity contribution in [2.45, 2.75) is 6.92 Å². The third-order valence-electron chi connectivity index (χ3n) is 3.75. The molecule has 0 spiro atoms. The van der Waals surface area contributed by atoms with Crippen molar-refractivity contribution < 1.29 is 18.9 Å². The molecule has 2 aromatic carbocycles. The first-order valence-corrected chi connectivity index (χ1v) is 8.71. The molecule has 0 saturated carbocycles. The van der Waals surface area contributed by atoms with Crippen LogP contribution in [-0.4, -0.2) is 17.4 Å². The SMILES string of the molecule is CCOc1ccc2cc(C(=O)Nc3cc(Cl)c(Cl)cc3[N+](=O)[O-])c(=O)oc2c1. The summed E-state index contributed by atoms with van der Waals surface area (Å²) in [6.07, 6.45) is 0. The van der Waals surface area contributed by atoms with E-state index in [0.717, 1.165) is 12.1 Å². The van der Waals surface area contributed by atoms with Crippen molar-refractivity contribution in [3.05, 3.63) is 72.5 Å². The van der Waals surface area contributed by atoms with Gasteiger partial charge in [0.15, 0.2) is 0 Å². The monoisotopic (exact) mass is 422 g/mol. The molecule has 3 aromatic rings. The predicted octanol–water partition coefficient (Wildman–Crippen LogP) is 4.66. The molecular formula is C18H12Cl2N2O6. The van der Waals surface area contributed by atoms with E-state index in [9.17, 15) is 19.7 Å². The molecule has 0 fully saturated rings. The maximum absolute atomic E-state index is 12.5. The Labute approximate surface area is 167 Å². The van der Waals surface area contributed by atoms with Crippen LogP contribution >= 0.6 is 23.2 Å². The largest absolute Gasteiger partial charge is 0.494 e. The Hall–Kier alpha value is -3.10. The van der Waals surface area contributed by atoms with Gasteiger partial charge in [0, 0.05) is 17.5 Å². The topological polar surface area (TPSA) is 112 Å². The van der Waals surface area contributed by atoms with E-state index in [1.54, 1.807) is 12.1 Å². The lowest BCUT2D eigenvalue weighted by Gasteiger charge is -2.08. The van der Waals surface area contributed by atoms with Crippen molar-refractivity contribution in [1.29, 1.82) is 0 Å². The highest BCUT2D eigenvalue weighted by molar-refractivity contribution is 6.42. The van der Waals surface area contributed by atoms with Gasteiger partial charge in [-0.05, 0) is 31.2 Å². The van der Waals surface area contributed by atoms with Crippen LogP contribution in [0, 0.1) is 10.1 Å². The summed E-state index contributed by atoms with van der Waals surface area (Å²) in [6, 6.07) is 8.30. The number of nitro benzene ring substituents is 1. The molecule has 1 amide bonds. The smallest absolute Gasteiger partial charge is 0.349 e. The fourth-order valence-corrected chi connectivity index (χ4v) is 2.81. The molecule has 0 aliphatic carbocycles. The predicted molar refractivity (Wildman–Crippen MR) is 105 cm³/mol. The summed E-state index contributed by atoms with van der Waals surface area (Å²) in [5, 5.41) is 13.9. The van der Waals surface area contributed by atoms with Crippen LogP contribution in [0.2, 0.25) is 10.0 Å². The zero-order chi connectivity index (χ0) is 20.4. The Bertz CT molecular complexity index is 1160. The van der Waals surface area contributed by atoms with Gasteiger partial charge in [-0.15, -0.1) is 0 Å². The second-order valence-corrected chi connectivity index (χ2v) is 6.39. The first-order valence-electron chi connectivity index (χ1n) is 7.95. The third-order valence-corrected chi connectivity index (χ3v) is 4.47. The Morgan fingerprint density at radius 2 is 1.93 bits per heavy atom. The van der Waals surface area contributed by atoms with Crippen LogP contribution in [-0.2, 0) is 0 Å². The molecule has 10 heteroatoms. The van der Waals surface area contributed by atoms with Crippen LogP contribution in [0.1, 0.15) is 17.3 Å². The average molecular weight is 423 g/mol. The highest BCUT2D eigenvalue weighted by atomic mass is 35.5. The molecule has 0 unspecified atom stereocenters. The van der Waals surface area contributed by atoms with E-state index in [1.807, 2.05) is 6.92 Å². The zero-order valence-electron chi connectivity index (χ0n) is 14.3. The van der Waals surface area contributed by atoms with Gasteiger partial charge < -0.3 is 14.5 Å². The summed E-state index contributed by atoms with van der Waals surface area (Å²) >= 11 is 11.7. The molecule has 0 aliphatic heterocycles. The van der Waals surface area contributed by atoms with Crippen LogP contribution in [0.3, 0.4) is 0 Å². The van der Waals surface area contributed by atoms with Gasteiger partial charge in [-0.25, -0.2) is 4.79 Å². The summed E-state index contributed by atoms with van der Waals surface area (Å²) in [7, 11) is 0. The molecule has 0 atom stereocenters. The summed E-state index contributed by atoms with van der Waals surface area (Å²) in [5.74, 6) is -0.368. The molecule has 1 heterocycles. The van der Waals surface area contributed by atoms with Gasteiger partial charge in [0.05, 0.1) is 21.6 Å². The Kier molecular flexibility index (Phi) is 5.53. The van der Waals surface area contributed by atoms with Crippen molar-refractivity contribution in [2.24, 2.45) is 0 Å². The van der Waals surface area contributed by atoms with E-state index in [1.165, 1.54) is 12.1 Å². The number of carbonyl (C=O) groups is 1. The Morgan fingerprint density at radius 1 is 1.21 bits per heavy atom. The number of ether oxygens (including phenoxy) is 1. The minimum absolute atomic E-state index is 0.0107. The second-order valence-electron chi connectivity index (χ2n) is 5.57. The molecule has 1 N–H and O–H groups in total. The van der Waals surface area contributed by atoms with Crippen molar-refractivity contribution in [3.8, 4) is 5.75 Å². The number of carbonyl (C=O) groups excluding carboxylic acids is 1. The molecular weight excluding hydrogens is 411 g/mol. The van der Waals surface area contributed by atoms with Gasteiger partial charge in [-0.3, -0.25) is 14.9 Å². The van der Waals surface area contributed by atoms with Gasteiger partial charge in [0.2, 0.25) is 0 Å². The summed E-state index contributed by atoms with van der Waals surface area (Å²) in [4.78, 5) is 35.2. The molecule has 0 saturated heterocycles. The van der Waals surface area contributed by atoms with Crippen LogP contribution in [0.5, 0.6) is 5.75 Å². The summed E-state index contributed by atoms with van der Waals surface area (Å²) in [5.41, 5.74) is -1.64. The number of hydrogen-bond donors (Lipinski definition) is 1. The van der Waals surface area contributed by atoms with Crippen molar-refractivity contribution in [1.82, 2.24) is 0 Å². The summed E-state index contributed by atoms with van der Waals surface area (Å²) in [6.45, 7) is 2.26. The van der Waals surface area contributed by atoms with E-state index in [-0.39, 0.29) is 26.9 Å². The highest BCUT2D eigenvalue weighted by Gasteiger charge is 2.21. The van der Waals surface area contributed by atoms with E-state index in [0.29, 0.717) is 17.7 Å². The second kappa shape index (κ2) is 7.87. The Morgan fingerprint density at radius 3 is 2.61 bits per heavy atom. The minimum atomic E-state index is -0.902. The molecule has 0 bridgehead atoms. The van der Waals surface area contributed by atoms with E-state index < -0.39 is 22.1 Å². The number of nitrogens with one attached hydrogen (secondary N) is 1. The first-order chi connectivity index (χ1) is 13.3. The lowest BCUT2D eigenvalue weighted by molar-refractivity contribution is -0.383.